The van der Waals surface area contributed by atoms with E-state index in [0.29, 0.717) is 5.75 Å². The van der Waals surface area contributed by atoms with Crippen molar-refractivity contribution in [3.63, 3.8) is 0 Å². The molecule has 9 heteroatoms. The van der Waals surface area contributed by atoms with Crippen LogP contribution in [0.25, 0.3) is 0 Å². The number of carbonyl (C=O) groups is 1. The number of benzene rings is 1. The summed E-state index contributed by atoms with van der Waals surface area (Å²) < 4.78 is 47.1. The first kappa shape index (κ1) is 17.8. The third-order valence-electron chi connectivity index (χ3n) is 3.01. The second-order valence-corrected chi connectivity index (χ2v) is 5.36. The molecule has 1 aromatic carbocycles. The van der Waals surface area contributed by atoms with E-state index < -0.39 is 23.9 Å². The third-order valence-corrected chi connectivity index (χ3v) is 3.01. The van der Waals surface area contributed by atoms with E-state index in [4.69, 9.17) is 4.74 Å². The Kier molecular flexibility index (Phi) is 5.10. The maximum Gasteiger partial charge on any atom is 0.455 e. The zero-order valence-electron chi connectivity index (χ0n) is 13.3. The number of aryl methyl sites for hydroxylation is 2. The Bertz CT molecular complexity index is 708. The summed E-state index contributed by atoms with van der Waals surface area (Å²) in [6, 6.07) is 4.64. The van der Waals surface area contributed by atoms with E-state index in [9.17, 15) is 18.0 Å². The summed E-state index contributed by atoms with van der Waals surface area (Å²) in [6.45, 7) is 4.95. The van der Waals surface area contributed by atoms with Gasteiger partial charge in [-0.15, -0.1) is 0 Å². The van der Waals surface area contributed by atoms with E-state index in [-0.39, 0.29) is 12.5 Å². The lowest BCUT2D eigenvalue weighted by atomic mass is 10.1. The van der Waals surface area contributed by atoms with Gasteiger partial charge in [0.15, 0.2) is 6.61 Å². The van der Waals surface area contributed by atoms with Crippen LogP contribution in [-0.4, -0.2) is 22.7 Å². The molecule has 6 nitrogen and oxygen atoms in total. The number of amides is 1. The fraction of sp³-hybridized carbons (Fsp3) is 0.400. The van der Waals surface area contributed by atoms with Gasteiger partial charge in [0.1, 0.15) is 11.8 Å². The second-order valence-electron chi connectivity index (χ2n) is 5.36. The first-order chi connectivity index (χ1) is 11.1. The van der Waals surface area contributed by atoms with Gasteiger partial charge in [0.2, 0.25) is 5.89 Å². The van der Waals surface area contributed by atoms with Crippen molar-refractivity contribution in [3.8, 4) is 5.75 Å². The summed E-state index contributed by atoms with van der Waals surface area (Å²) in [6.07, 6.45) is -4.70. The smallest absolute Gasteiger partial charge is 0.455 e. The lowest BCUT2D eigenvalue weighted by Crippen LogP contribution is -2.31. The Balaban J connectivity index is 1.90. The summed E-state index contributed by atoms with van der Waals surface area (Å²) in [7, 11) is 0. The molecular formula is C15H16F3N3O3. The van der Waals surface area contributed by atoms with E-state index in [1.54, 1.807) is 12.1 Å². The summed E-state index contributed by atoms with van der Waals surface area (Å²) >= 11 is 0. The largest absolute Gasteiger partial charge is 0.484 e. The van der Waals surface area contributed by atoms with E-state index >= 15 is 0 Å². The Labute approximate surface area is 136 Å². The lowest BCUT2D eigenvalue weighted by molar-refractivity contribution is -0.146. The highest BCUT2D eigenvalue weighted by molar-refractivity contribution is 5.77. The van der Waals surface area contributed by atoms with Gasteiger partial charge in [0.25, 0.3) is 11.7 Å². The first-order valence-electron chi connectivity index (χ1n) is 7.06. The minimum atomic E-state index is -4.70. The van der Waals surface area contributed by atoms with Gasteiger partial charge >= 0.3 is 6.18 Å². The van der Waals surface area contributed by atoms with E-state index in [0.717, 1.165) is 11.1 Å². The van der Waals surface area contributed by atoms with Crippen molar-refractivity contribution in [1.82, 2.24) is 15.5 Å². The standard InChI is InChI=1S/C15H16F3N3O3/c1-8-4-9(2)6-11(5-8)23-7-12(22)19-10(3)13-20-14(21-24-13)15(16,17)18/h4-6,10H,7H2,1-3H3,(H,19,22). The number of halogens is 3. The molecule has 1 N–H and O–H groups in total. The Morgan fingerprint density at radius 3 is 2.46 bits per heavy atom. The van der Waals surface area contributed by atoms with Gasteiger partial charge in [-0.2, -0.15) is 18.2 Å². The quantitative estimate of drug-likeness (QED) is 0.903. The topological polar surface area (TPSA) is 77.2 Å². The molecule has 1 unspecified atom stereocenters. The molecule has 1 amide bonds. The monoisotopic (exact) mass is 343 g/mol. The van der Waals surface area contributed by atoms with Crippen LogP contribution in [0.5, 0.6) is 5.75 Å². The van der Waals surface area contributed by atoms with E-state index in [1.807, 2.05) is 19.9 Å². The molecule has 0 saturated carbocycles. The highest BCUT2D eigenvalue weighted by Gasteiger charge is 2.37. The number of ether oxygens (including phenoxy) is 1. The van der Waals surface area contributed by atoms with Crippen LogP contribution in [0.3, 0.4) is 0 Å². The molecule has 130 valence electrons. The molecule has 2 aromatic rings. The minimum Gasteiger partial charge on any atom is -0.484 e. The normalized spacial score (nSPS) is 12.8. The number of alkyl halides is 3. The third kappa shape index (κ3) is 4.71. The van der Waals surface area contributed by atoms with Crippen LogP contribution in [0.2, 0.25) is 0 Å². The molecule has 0 radical (unpaired) electrons. The molecule has 24 heavy (non-hydrogen) atoms. The minimum absolute atomic E-state index is 0.284. The molecule has 1 aromatic heterocycles. The van der Waals surface area contributed by atoms with Crippen molar-refractivity contribution in [2.45, 2.75) is 33.0 Å². The molecule has 0 fully saturated rings. The SMILES string of the molecule is Cc1cc(C)cc(OCC(=O)NC(C)c2nc(C(F)(F)F)no2)c1. The van der Waals surface area contributed by atoms with Gasteiger partial charge in [-0.05, 0) is 44.0 Å². The molecular weight excluding hydrogens is 327 g/mol. The van der Waals surface area contributed by atoms with Crippen molar-refractivity contribution in [2.75, 3.05) is 6.61 Å². The summed E-state index contributed by atoms with van der Waals surface area (Å²) in [4.78, 5) is 15.0. The van der Waals surface area contributed by atoms with Crippen LogP contribution in [0.15, 0.2) is 22.7 Å². The van der Waals surface area contributed by atoms with Crippen LogP contribution in [0, 0.1) is 13.8 Å². The summed E-state index contributed by atoms with van der Waals surface area (Å²) in [5.41, 5.74) is 1.98. The molecule has 1 heterocycles. The molecule has 0 aliphatic carbocycles. The summed E-state index contributed by atoms with van der Waals surface area (Å²) in [5.74, 6) is -1.70. The van der Waals surface area contributed by atoms with Crippen LogP contribution in [-0.2, 0) is 11.0 Å². The lowest BCUT2D eigenvalue weighted by Gasteiger charge is -2.11. The molecule has 1 atom stereocenters. The van der Waals surface area contributed by atoms with Gasteiger partial charge in [-0.1, -0.05) is 11.2 Å². The van der Waals surface area contributed by atoms with Crippen LogP contribution in [0.4, 0.5) is 13.2 Å². The van der Waals surface area contributed by atoms with Crippen LogP contribution < -0.4 is 10.1 Å². The van der Waals surface area contributed by atoms with E-state index in [2.05, 4.69) is 20.0 Å². The number of hydrogen-bond donors (Lipinski definition) is 1. The van der Waals surface area contributed by atoms with Crippen LogP contribution in [0.1, 0.15) is 35.8 Å². The highest BCUT2D eigenvalue weighted by atomic mass is 19.4. The zero-order valence-corrected chi connectivity index (χ0v) is 13.3. The van der Waals surface area contributed by atoms with Crippen molar-refractivity contribution in [1.29, 1.82) is 0 Å². The van der Waals surface area contributed by atoms with Crippen molar-refractivity contribution in [2.24, 2.45) is 0 Å². The van der Waals surface area contributed by atoms with Crippen molar-refractivity contribution < 1.29 is 27.2 Å². The molecule has 0 aliphatic heterocycles. The predicted molar refractivity (Wildman–Crippen MR) is 77.3 cm³/mol. The average Bonchev–Trinajstić information content (AvgIpc) is 2.94. The van der Waals surface area contributed by atoms with Crippen LogP contribution >= 0.6 is 0 Å². The fourth-order valence-corrected chi connectivity index (χ4v) is 2.04. The molecule has 0 bridgehead atoms. The van der Waals surface area contributed by atoms with Gasteiger partial charge in [-0.25, -0.2) is 0 Å². The maximum atomic E-state index is 12.4. The van der Waals surface area contributed by atoms with Gasteiger partial charge in [0, 0.05) is 0 Å². The molecule has 0 saturated heterocycles. The highest BCUT2D eigenvalue weighted by Crippen LogP contribution is 2.27. The number of hydrogen-bond acceptors (Lipinski definition) is 5. The second kappa shape index (κ2) is 6.90. The first-order valence-corrected chi connectivity index (χ1v) is 7.06. The number of aromatic nitrogens is 2. The Morgan fingerprint density at radius 1 is 1.29 bits per heavy atom. The fourth-order valence-electron chi connectivity index (χ4n) is 2.04. The average molecular weight is 343 g/mol. The van der Waals surface area contributed by atoms with Gasteiger partial charge in [-0.3, -0.25) is 4.79 Å². The van der Waals surface area contributed by atoms with Gasteiger partial charge in [0.05, 0.1) is 0 Å². The van der Waals surface area contributed by atoms with Gasteiger partial charge < -0.3 is 14.6 Å². The Hall–Kier alpha value is -2.58. The number of nitrogens with one attached hydrogen (secondary N) is 1. The Morgan fingerprint density at radius 2 is 1.92 bits per heavy atom. The molecule has 2 rings (SSSR count). The van der Waals surface area contributed by atoms with Crippen molar-refractivity contribution >= 4 is 5.91 Å². The maximum absolute atomic E-state index is 12.4. The number of nitrogens with zero attached hydrogens (tertiary/aromatic N) is 2. The number of carbonyl (C=O) groups excluding carboxylic acids is 1. The zero-order chi connectivity index (χ0) is 17.9. The number of rotatable bonds is 5. The van der Waals surface area contributed by atoms with Crippen molar-refractivity contribution in [3.05, 3.63) is 41.0 Å². The molecule has 0 aliphatic rings. The molecule has 0 spiro atoms. The summed E-state index contributed by atoms with van der Waals surface area (Å²) in [5, 5.41) is 5.27. The van der Waals surface area contributed by atoms with E-state index in [1.165, 1.54) is 6.92 Å². The predicted octanol–water partition coefficient (Wildman–Crippen LogP) is 2.96.